The van der Waals surface area contributed by atoms with E-state index in [4.69, 9.17) is 0 Å². The van der Waals surface area contributed by atoms with Gasteiger partial charge in [0.15, 0.2) is 5.69 Å². The Hall–Kier alpha value is -1.43. The van der Waals surface area contributed by atoms with Gasteiger partial charge in [-0.05, 0) is 28.9 Å². The molecule has 0 atom stereocenters. The molecule has 1 N–H and O–H groups in total. The molecule has 0 saturated carbocycles. The molecule has 0 spiro atoms. The second-order valence-electron chi connectivity index (χ2n) is 5.15. The standard InChI is InChI=1S/C13H17BrN2O3/c1-7-10(14)8(16-12(18)13(2,3)4)6-9(15-7)11(17)19-5/h6H,1-5H3,(H,15,16,18). The van der Waals surface area contributed by atoms with Crippen molar-refractivity contribution in [3.63, 3.8) is 0 Å². The van der Waals surface area contributed by atoms with Crippen molar-refractivity contribution in [3.8, 4) is 0 Å². The average Bonchev–Trinajstić information content (AvgIpc) is 2.32. The number of pyridine rings is 1. The fraction of sp³-hybridized carbons (Fsp3) is 0.462. The molecule has 0 bridgehead atoms. The van der Waals surface area contributed by atoms with Crippen molar-refractivity contribution in [1.29, 1.82) is 0 Å². The van der Waals surface area contributed by atoms with Crippen molar-refractivity contribution in [2.24, 2.45) is 5.41 Å². The van der Waals surface area contributed by atoms with Gasteiger partial charge in [0.25, 0.3) is 0 Å². The number of hydrogen-bond donors (Lipinski definition) is 1. The quantitative estimate of drug-likeness (QED) is 0.847. The van der Waals surface area contributed by atoms with E-state index in [1.54, 1.807) is 6.92 Å². The second-order valence-corrected chi connectivity index (χ2v) is 5.94. The molecule has 0 aliphatic heterocycles. The Morgan fingerprint density at radius 2 is 1.95 bits per heavy atom. The lowest BCUT2D eigenvalue weighted by Gasteiger charge is -2.19. The summed E-state index contributed by atoms with van der Waals surface area (Å²) in [5, 5.41) is 2.78. The number of esters is 1. The molecule has 0 radical (unpaired) electrons. The van der Waals surface area contributed by atoms with E-state index < -0.39 is 11.4 Å². The van der Waals surface area contributed by atoms with Gasteiger partial charge in [0, 0.05) is 5.41 Å². The fourth-order valence-corrected chi connectivity index (χ4v) is 1.57. The third-order valence-electron chi connectivity index (χ3n) is 2.45. The third kappa shape index (κ3) is 3.76. The molecule has 0 aliphatic carbocycles. The van der Waals surface area contributed by atoms with Crippen LogP contribution in [0.1, 0.15) is 37.0 Å². The van der Waals surface area contributed by atoms with Crippen LogP contribution in [0.2, 0.25) is 0 Å². The summed E-state index contributed by atoms with van der Waals surface area (Å²) in [4.78, 5) is 27.6. The summed E-state index contributed by atoms with van der Waals surface area (Å²) in [5.41, 5.74) is 0.745. The van der Waals surface area contributed by atoms with Crippen LogP contribution in [-0.2, 0) is 9.53 Å². The third-order valence-corrected chi connectivity index (χ3v) is 3.45. The summed E-state index contributed by atoms with van der Waals surface area (Å²) < 4.78 is 5.28. The summed E-state index contributed by atoms with van der Waals surface area (Å²) in [6.07, 6.45) is 0. The van der Waals surface area contributed by atoms with Gasteiger partial charge in [-0.15, -0.1) is 0 Å². The van der Waals surface area contributed by atoms with Gasteiger partial charge in [-0.1, -0.05) is 20.8 Å². The normalized spacial score (nSPS) is 11.1. The van der Waals surface area contributed by atoms with Crippen molar-refractivity contribution in [2.75, 3.05) is 12.4 Å². The summed E-state index contributed by atoms with van der Waals surface area (Å²) in [6, 6.07) is 1.49. The van der Waals surface area contributed by atoms with Crippen LogP contribution < -0.4 is 5.32 Å². The Bertz CT molecular complexity index is 521. The van der Waals surface area contributed by atoms with Crippen molar-refractivity contribution < 1.29 is 14.3 Å². The number of aromatic nitrogens is 1. The molecule has 1 rings (SSSR count). The first-order valence-corrected chi connectivity index (χ1v) is 6.53. The highest BCUT2D eigenvalue weighted by atomic mass is 79.9. The van der Waals surface area contributed by atoms with Gasteiger partial charge < -0.3 is 10.1 Å². The van der Waals surface area contributed by atoms with E-state index in [0.29, 0.717) is 15.9 Å². The molecule has 104 valence electrons. The van der Waals surface area contributed by atoms with Crippen LogP contribution in [0.4, 0.5) is 5.69 Å². The highest BCUT2D eigenvalue weighted by Crippen LogP contribution is 2.28. The summed E-state index contributed by atoms with van der Waals surface area (Å²) >= 11 is 3.35. The van der Waals surface area contributed by atoms with Crippen LogP contribution in [0.3, 0.4) is 0 Å². The molecular formula is C13H17BrN2O3. The number of amides is 1. The molecule has 5 nitrogen and oxygen atoms in total. The Kier molecular flexibility index (Phi) is 4.68. The van der Waals surface area contributed by atoms with Crippen molar-refractivity contribution in [1.82, 2.24) is 4.98 Å². The Labute approximate surface area is 120 Å². The first-order chi connectivity index (χ1) is 8.66. The molecule has 19 heavy (non-hydrogen) atoms. The highest BCUT2D eigenvalue weighted by Gasteiger charge is 2.23. The van der Waals surface area contributed by atoms with Gasteiger partial charge >= 0.3 is 5.97 Å². The number of carbonyl (C=O) groups is 2. The first kappa shape index (κ1) is 15.6. The molecule has 0 aliphatic rings. The van der Waals surface area contributed by atoms with Crippen molar-refractivity contribution in [3.05, 3.63) is 21.9 Å². The van der Waals surface area contributed by atoms with Crippen molar-refractivity contribution >= 4 is 33.5 Å². The molecule has 6 heteroatoms. The van der Waals surface area contributed by atoms with Gasteiger partial charge in [-0.25, -0.2) is 9.78 Å². The van der Waals surface area contributed by atoms with Crippen LogP contribution in [0.15, 0.2) is 10.5 Å². The number of nitrogens with one attached hydrogen (secondary N) is 1. The molecule has 1 aromatic rings. The predicted octanol–water partition coefficient (Wildman–Crippen LogP) is 2.92. The molecule has 0 unspecified atom stereocenters. The number of carbonyl (C=O) groups excluding carboxylic acids is 2. The number of methoxy groups -OCH3 is 1. The molecule has 0 aromatic carbocycles. The first-order valence-electron chi connectivity index (χ1n) is 5.73. The average molecular weight is 329 g/mol. The molecule has 1 aromatic heterocycles. The maximum atomic E-state index is 12.0. The van der Waals surface area contributed by atoms with E-state index in [9.17, 15) is 9.59 Å². The van der Waals surface area contributed by atoms with Gasteiger partial charge in [0.2, 0.25) is 5.91 Å². The zero-order valence-electron chi connectivity index (χ0n) is 11.6. The van der Waals surface area contributed by atoms with Crippen LogP contribution in [0.25, 0.3) is 0 Å². The zero-order valence-corrected chi connectivity index (χ0v) is 13.2. The highest BCUT2D eigenvalue weighted by molar-refractivity contribution is 9.10. The number of anilines is 1. The SMILES string of the molecule is COC(=O)c1cc(NC(=O)C(C)(C)C)c(Br)c(C)n1. The summed E-state index contributed by atoms with van der Waals surface area (Å²) in [7, 11) is 1.29. The lowest BCUT2D eigenvalue weighted by molar-refractivity contribution is -0.123. The minimum Gasteiger partial charge on any atom is -0.464 e. The van der Waals surface area contributed by atoms with Gasteiger partial charge in [-0.2, -0.15) is 0 Å². The van der Waals surface area contributed by atoms with E-state index in [2.05, 4.69) is 31.0 Å². The van der Waals surface area contributed by atoms with E-state index in [0.717, 1.165) is 0 Å². The lowest BCUT2D eigenvalue weighted by Crippen LogP contribution is -2.28. The number of nitrogens with zero attached hydrogens (tertiary/aromatic N) is 1. The maximum Gasteiger partial charge on any atom is 0.356 e. The Balaban J connectivity index is 3.17. The number of aryl methyl sites for hydroxylation is 1. The van der Waals surface area contributed by atoms with Crippen LogP contribution in [-0.4, -0.2) is 24.0 Å². The second kappa shape index (κ2) is 5.69. The maximum absolute atomic E-state index is 12.0. The van der Waals surface area contributed by atoms with Crippen molar-refractivity contribution in [2.45, 2.75) is 27.7 Å². The largest absolute Gasteiger partial charge is 0.464 e. The number of hydrogen-bond acceptors (Lipinski definition) is 4. The fourth-order valence-electron chi connectivity index (χ4n) is 1.27. The smallest absolute Gasteiger partial charge is 0.356 e. The molecule has 0 fully saturated rings. The van der Waals surface area contributed by atoms with E-state index >= 15 is 0 Å². The van der Waals surface area contributed by atoms with E-state index in [1.807, 2.05) is 20.8 Å². The van der Waals surface area contributed by atoms with Gasteiger partial charge in [0.1, 0.15) is 0 Å². The van der Waals surface area contributed by atoms with Crippen LogP contribution in [0, 0.1) is 12.3 Å². The number of rotatable bonds is 2. The minimum atomic E-state index is -0.540. The Morgan fingerprint density at radius 3 is 2.42 bits per heavy atom. The zero-order chi connectivity index (χ0) is 14.8. The Morgan fingerprint density at radius 1 is 1.37 bits per heavy atom. The van der Waals surface area contributed by atoms with E-state index in [1.165, 1.54) is 13.2 Å². The molecular weight excluding hydrogens is 312 g/mol. The molecule has 1 heterocycles. The van der Waals surface area contributed by atoms with E-state index in [-0.39, 0.29) is 11.6 Å². The van der Waals surface area contributed by atoms with Gasteiger partial charge in [0.05, 0.1) is 23.0 Å². The van der Waals surface area contributed by atoms with Gasteiger partial charge in [-0.3, -0.25) is 4.79 Å². The minimum absolute atomic E-state index is 0.144. The van der Waals surface area contributed by atoms with Crippen LogP contribution in [0.5, 0.6) is 0 Å². The number of ether oxygens (including phenoxy) is 1. The monoisotopic (exact) mass is 328 g/mol. The number of halogens is 1. The molecule has 0 saturated heterocycles. The molecule has 1 amide bonds. The predicted molar refractivity (Wildman–Crippen MR) is 76.1 cm³/mol. The summed E-state index contributed by atoms with van der Waals surface area (Å²) in [5.74, 6) is -0.684. The van der Waals surface area contributed by atoms with Crippen LogP contribution >= 0.6 is 15.9 Å². The topological polar surface area (TPSA) is 68.3 Å². The lowest BCUT2D eigenvalue weighted by atomic mass is 9.95. The summed E-state index contributed by atoms with van der Waals surface area (Å²) in [6.45, 7) is 7.17.